The minimum absolute atomic E-state index is 0.0202. The highest BCUT2D eigenvalue weighted by atomic mass is 35.5. The molecule has 0 aliphatic carbocycles. The van der Waals surface area contributed by atoms with E-state index in [4.69, 9.17) is 11.6 Å². The Kier molecular flexibility index (Phi) is 4.53. The van der Waals surface area contributed by atoms with Crippen molar-refractivity contribution in [3.63, 3.8) is 0 Å². The third kappa shape index (κ3) is 3.24. The number of hydrogen-bond donors (Lipinski definition) is 2. The molecule has 0 radical (unpaired) electrons. The zero-order valence-electron chi connectivity index (χ0n) is 15.7. The number of aromatic nitrogens is 1. The van der Waals surface area contributed by atoms with Gasteiger partial charge in [0.25, 0.3) is 0 Å². The predicted molar refractivity (Wildman–Crippen MR) is 123 cm³/mol. The lowest BCUT2D eigenvalue weighted by Crippen LogP contribution is -2.02. The first-order valence-corrected chi connectivity index (χ1v) is 11.4. The Morgan fingerprint density at radius 3 is 1.97 bits per heavy atom. The summed E-state index contributed by atoms with van der Waals surface area (Å²) in [4.78, 5) is 18.6. The molecule has 0 spiro atoms. The first-order valence-electron chi connectivity index (χ1n) is 9.37. The van der Waals surface area contributed by atoms with Gasteiger partial charge in [0.1, 0.15) is 0 Å². The summed E-state index contributed by atoms with van der Waals surface area (Å²) in [5, 5.41) is 2.98. The molecule has 6 heteroatoms. The van der Waals surface area contributed by atoms with Crippen molar-refractivity contribution in [2.45, 2.75) is 0 Å². The number of fused-ring (bicyclic) bond motifs is 3. The Balaban J connectivity index is 1.61. The highest BCUT2D eigenvalue weighted by molar-refractivity contribution is 7.60. The molecule has 0 saturated heterocycles. The summed E-state index contributed by atoms with van der Waals surface area (Å²) < 4.78 is 13.6. The molecule has 0 amide bonds. The van der Waals surface area contributed by atoms with Gasteiger partial charge in [0.05, 0.1) is 16.3 Å². The molecule has 4 aromatic carbocycles. The fourth-order valence-electron chi connectivity index (χ4n) is 3.87. The molecule has 0 aliphatic heterocycles. The maximum atomic E-state index is 11.4. The summed E-state index contributed by atoms with van der Waals surface area (Å²) in [5.41, 5.74) is 5.08. The van der Waals surface area contributed by atoms with Gasteiger partial charge >= 0.3 is 7.60 Å². The van der Waals surface area contributed by atoms with Crippen LogP contribution in [0.5, 0.6) is 0 Å². The lowest BCUT2D eigenvalue weighted by molar-refractivity contribution is 0.387. The van der Waals surface area contributed by atoms with Crippen molar-refractivity contribution >= 4 is 46.3 Å². The molecular formula is C24H17ClNO3P. The fraction of sp³-hybridized carbons (Fsp3) is 0. The van der Waals surface area contributed by atoms with Gasteiger partial charge < -0.3 is 14.4 Å². The van der Waals surface area contributed by atoms with E-state index < -0.39 is 7.60 Å². The molecule has 1 aromatic heterocycles. The van der Waals surface area contributed by atoms with Gasteiger partial charge in [-0.2, -0.15) is 0 Å². The van der Waals surface area contributed by atoms with Crippen molar-refractivity contribution in [1.29, 1.82) is 0 Å². The van der Waals surface area contributed by atoms with Gasteiger partial charge in [0.2, 0.25) is 0 Å². The van der Waals surface area contributed by atoms with E-state index >= 15 is 0 Å². The topological polar surface area (TPSA) is 62.5 Å². The molecule has 0 unspecified atom stereocenters. The van der Waals surface area contributed by atoms with Crippen LogP contribution in [-0.2, 0) is 4.57 Å². The Morgan fingerprint density at radius 2 is 1.30 bits per heavy atom. The number of nitrogens with zero attached hydrogens (tertiary/aromatic N) is 1. The SMILES string of the molecule is O=P(O)(O)c1ccc(-c2ccc(-n3c4ccccc4c4cc(Cl)ccc43)cc2)cc1. The summed E-state index contributed by atoms with van der Waals surface area (Å²) >= 11 is 6.24. The minimum Gasteiger partial charge on any atom is -0.321 e. The van der Waals surface area contributed by atoms with Crippen LogP contribution in [0.25, 0.3) is 38.6 Å². The van der Waals surface area contributed by atoms with Gasteiger partial charge in [-0.15, -0.1) is 0 Å². The van der Waals surface area contributed by atoms with Crippen LogP contribution < -0.4 is 5.30 Å². The molecule has 0 saturated carbocycles. The monoisotopic (exact) mass is 433 g/mol. The first-order chi connectivity index (χ1) is 14.4. The van der Waals surface area contributed by atoms with Crippen LogP contribution in [-0.4, -0.2) is 14.4 Å². The van der Waals surface area contributed by atoms with Crippen molar-refractivity contribution in [3.8, 4) is 16.8 Å². The molecule has 1 heterocycles. The molecule has 2 N–H and O–H groups in total. The zero-order valence-corrected chi connectivity index (χ0v) is 17.4. The molecule has 5 rings (SSSR count). The van der Waals surface area contributed by atoms with Crippen LogP contribution in [0.4, 0.5) is 0 Å². The van der Waals surface area contributed by atoms with Crippen LogP contribution in [0.1, 0.15) is 0 Å². The van der Waals surface area contributed by atoms with Gasteiger partial charge in [-0.3, -0.25) is 4.57 Å². The summed E-state index contributed by atoms with van der Waals surface area (Å²) in [5.74, 6) is 0. The molecule has 0 aliphatic rings. The third-order valence-corrected chi connectivity index (χ3v) is 6.50. The van der Waals surface area contributed by atoms with Gasteiger partial charge in [0.15, 0.2) is 0 Å². The lowest BCUT2D eigenvalue weighted by Gasteiger charge is -2.10. The van der Waals surface area contributed by atoms with E-state index in [1.807, 2.05) is 54.6 Å². The Morgan fingerprint density at radius 1 is 0.700 bits per heavy atom. The van der Waals surface area contributed by atoms with E-state index in [9.17, 15) is 14.4 Å². The first kappa shape index (κ1) is 19.1. The molecule has 0 atom stereocenters. The van der Waals surface area contributed by atoms with Crippen LogP contribution in [0.2, 0.25) is 5.02 Å². The largest absolute Gasteiger partial charge is 0.356 e. The average Bonchev–Trinajstić information content (AvgIpc) is 3.07. The number of benzene rings is 4. The molecule has 30 heavy (non-hydrogen) atoms. The third-order valence-electron chi connectivity index (χ3n) is 5.30. The Labute approximate surface area is 178 Å². The van der Waals surface area contributed by atoms with Crippen LogP contribution in [0, 0.1) is 0 Å². The van der Waals surface area contributed by atoms with Gasteiger partial charge in [0, 0.05) is 21.5 Å². The zero-order chi connectivity index (χ0) is 20.9. The quantitative estimate of drug-likeness (QED) is 0.348. The van der Waals surface area contributed by atoms with Crippen molar-refractivity contribution < 1.29 is 14.4 Å². The van der Waals surface area contributed by atoms with Crippen LogP contribution in [0.15, 0.2) is 91.0 Å². The fourth-order valence-corrected chi connectivity index (χ4v) is 4.58. The Hall–Kier alpha value is -2.88. The van der Waals surface area contributed by atoms with Crippen molar-refractivity contribution in [3.05, 3.63) is 96.0 Å². The number of para-hydroxylation sites is 1. The smallest absolute Gasteiger partial charge is 0.321 e. The highest BCUT2D eigenvalue weighted by Crippen LogP contribution is 2.35. The van der Waals surface area contributed by atoms with Crippen molar-refractivity contribution in [2.24, 2.45) is 0 Å². The maximum Gasteiger partial charge on any atom is 0.356 e. The molecule has 0 fully saturated rings. The highest BCUT2D eigenvalue weighted by Gasteiger charge is 2.16. The maximum absolute atomic E-state index is 11.4. The van der Waals surface area contributed by atoms with Crippen molar-refractivity contribution in [2.75, 3.05) is 0 Å². The van der Waals surface area contributed by atoms with Crippen LogP contribution >= 0.6 is 19.2 Å². The summed E-state index contributed by atoms with van der Waals surface area (Å²) in [6, 6.07) is 28.7. The van der Waals surface area contributed by atoms with E-state index in [0.29, 0.717) is 5.02 Å². The second-order valence-corrected chi connectivity index (χ2v) is 9.19. The van der Waals surface area contributed by atoms with E-state index in [-0.39, 0.29) is 5.30 Å². The molecule has 0 bridgehead atoms. The van der Waals surface area contributed by atoms with Crippen molar-refractivity contribution in [1.82, 2.24) is 4.57 Å². The van der Waals surface area contributed by atoms with E-state index in [1.54, 1.807) is 12.1 Å². The van der Waals surface area contributed by atoms with Gasteiger partial charge in [-0.25, -0.2) is 0 Å². The number of halogens is 1. The molecule has 4 nitrogen and oxygen atoms in total. The second-order valence-electron chi connectivity index (χ2n) is 7.15. The lowest BCUT2D eigenvalue weighted by atomic mass is 10.1. The minimum atomic E-state index is -4.23. The molecule has 5 aromatic rings. The Bertz CT molecular complexity index is 1430. The van der Waals surface area contributed by atoms with E-state index in [2.05, 4.69) is 16.7 Å². The standard InChI is InChI=1S/C24H17ClNO3P/c25-18-9-14-24-22(15-18)21-3-1-2-4-23(21)26(24)19-10-5-16(6-11-19)17-7-12-20(13-8-17)30(27,28)29/h1-15H,(H2,27,28,29). The molecular weight excluding hydrogens is 417 g/mol. The van der Waals surface area contributed by atoms with Crippen LogP contribution in [0.3, 0.4) is 0 Å². The van der Waals surface area contributed by atoms with Gasteiger partial charge in [-0.1, -0.05) is 54.1 Å². The van der Waals surface area contributed by atoms with E-state index in [1.165, 1.54) is 12.1 Å². The van der Waals surface area contributed by atoms with E-state index in [0.717, 1.165) is 38.6 Å². The molecule has 148 valence electrons. The number of hydrogen-bond acceptors (Lipinski definition) is 1. The van der Waals surface area contributed by atoms with Gasteiger partial charge in [-0.05, 0) is 59.7 Å². The second kappa shape index (κ2) is 7.12. The summed E-state index contributed by atoms with van der Waals surface area (Å²) in [7, 11) is -4.23. The number of rotatable bonds is 3. The summed E-state index contributed by atoms with van der Waals surface area (Å²) in [6.07, 6.45) is 0. The normalized spacial score (nSPS) is 12.0. The summed E-state index contributed by atoms with van der Waals surface area (Å²) in [6.45, 7) is 0. The predicted octanol–water partition coefficient (Wildman–Crippen LogP) is 5.91. The average molecular weight is 434 g/mol.